The van der Waals surface area contributed by atoms with Crippen LogP contribution in [0, 0.1) is 0 Å². The van der Waals surface area contributed by atoms with Crippen LogP contribution >= 0.6 is 0 Å². The Labute approximate surface area is 206 Å². The molecule has 0 spiro atoms. The Morgan fingerprint density at radius 1 is 0.684 bits per heavy atom. The van der Waals surface area contributed by atoms with Gasteiger partial charge in [-0.3, -0.25) is 0 Å². The van der Waals surface area contributed by atoms with Crippen molar-refractivity contribution < 1.29 is 84.2 Å². The van der Waals surface area contributed by atoms with Gasteiger partial charge in [0.25, 0.3) is 0 Å². The van der Waals surface area contributed by atoms with E-state index in [-0.39, 0.29) is 25.7 Å². The second-order valence-corrected chi connectivity index (χ2v) is 11.0. The van der Waals surface area contributed by atoms with E-state index < -0.39 is 69.5 Å². The molecule has 0 atom stereocenters. The van der Waals surface area contributed by atoms with E-state index >= 15 is 0 Å². The summed E-state index contributed by atoms with van der Waals surface area (Å²) in [4.78, 5) is 11.4. The molecule has 0 unspecified atom stereocenters. The molecule has 38 heavy (non-hydrogen) atoms. The molecule has 0 radical (unpaired) electrons. The number of amides is 1. The second-order valence-electron chi connectivity index (χ2n) is 7.68. The van der Waals surface area contributed by atoms with Crippen molar-refractivity contribution in [1.82, 2.24) is 5.32 Å². The van der Waals surface area contributed by atoms with Crippen molar-refractivity contribution in [3.63, 3.8) is 0 Å². The molecule has 0 bridgehead atoms. The molecular weight excluding hydrogens is 595 g/mol. The third-order valence-corrected chi connectivity index (χ3v) is 7.81. The van der Waals surface area contributed by atoms with E-state index in [0.717, 1.165) is 0 Å². The molecule has 228 valence electrons. The van der Waals surface area contributed by atoms with Gasteiger partial charge in [-0.1, -0.05) is 0 Å². The highest BCUT2D eigenvalue weighted by Gasteiger charge is 2.93. The molecular formula is C17H22F15NO4Si. The van der Waals surface area contributed by atoms with Crippen LogP contribution in [0.3, 0.4) is 0 Å². The molecule has 0 rings (SSSR count). The summed E-state index contributed by atoms with van der Waals surface area (Å²) >= 11 is 0. The van der Waals surface area contributed by atoms with E-state index in [1.807, 2.05) is 0 Å². The molecule has 1 N–H and O–H groups in total. The average molecular weight is 617 g/mol. The number of hydrogen-bond donors (Lipinski definition) is 1. The molecule has 0 fully saturated rings. The van der Waals surface area contributed by atoms with Crippen molar-refractivity contribution in [3.05, 3.63) is 0 Å². The highest BCUT2D eigenvalue weighted by atomic mass is 28.4. The number of halogens is 15. The van der Waals surface area contributed by atoms with Crippen LogP contribution in [0.4, 0.5) is 70.7 Å². The Bertz CT molecular complexity index is 786. The SMILES string of the molecule is CCO[Si](C)(CCCNC(=O)OCC(F)(F)C(F)(F)C(F)(F)C(F)(F)C(F)(F)C(F)(F)C(F)(F)F)OCC. The number of rotatable bonds is 15. The minimum Gasteiger partial charge on any atom is -0.443 e. The monoisotopic (exact) mass is 617 g/mol. The largest absolute Gasteiger partial charge is 0.460 e. The number of alkyl halides is 15. The van der Waals surface area contributed by atoms with Gasteiger partial charge in [0.1, 0.15) is 0 Å². The molecule has 0 saturated heterocycles. The lowest BCUT2D eigenvalue weighted by Gasteiger charge is -2.41. The van der Waals surface area contributed by atoms with E-state index in [1.54, 1.807) is 25.7 Å². The number of alkyl carbamates (subject to hydrolysis) is 1. The van der Waals surface area contributed by atoms with Crippen molar-refractivity contribution in [3.8, 4) is 0 Å². The molecule has 0 heterocycles. The average Bonchev–Trinajstić information content (AvgIpc) is 2.74. The highest BCUT2D eigenvalue weighted by molar-refractivity contribution is 6.66. The summed E-state index contributed by atoms with van der Waals surface area (Å²) in [5, 5.41) is 1.69. The van der Waals surface area contributed by atoms with Crippen LogP contribution in [-0.2, 0) is 13.6 Å². The lowest BCUT2D eigenvalue weighted by atomic mass is 9.91. The molecule has 0 aromatic heterocycles. The maximum atomic E-state index is 13.7. The number of carbonyl (C=O) groups is 1. The quantitative estimate of drug-likeness (QED) is 0.128. The van der Waals surface area contributed by atoms with E-state index in [9.17, 15) is 70.7 Å². The number of hydrogen-bond acceptors (Lipinski definition) is 4. The minimum atomic E-state index is -8.40. The summed E-state index contributed by atoms with van der Waals surface area (Å²) in [5.74, 6) is -47.4. The van der Waals surface area contributed by atoms with Crippen LogP contribution in [0.1, 0.15) is 20.3 Å². The van der Waals surface area contributed by atoms with E-state index in [0.29, 0.717) is 0 Å². The summed E-state index contributed by atoms with van der Waals surface area (Å²) in [6, 6.07) is 0.182. The molecule has 1 amide bonds. The fourth-order valence-electron chi connectivity index (χ4n) is 2.69. The third kappa shape index (κ3) is 6.91. The van der Waals surface area contributed by atoms with Gasteiger partial charge in [0.05, 0.1) is 0 Å². The summed E-state index contributed by atoms with van der Waals surface area (Å²) in [5.41, 5.74) is 0. The molecule has 0 aliphatic rings. The van der Waals surface area contributed by atoms with Gasteiger partial charge < -0.3 is 18.9 Å². The lowest BCUT2D eigenvalue weighted by Crippen LogP contribution is -2.73. The Morgan fingerprint density at radius 3 is 1.47 bits per heavy atom. The van der Waals surface area contributed by atoms with Gasteiger partial charge >= 0.3 is 56.4 Å². The van der Waals surface area contributed by atoms with Crippen molar-refractivity contribution in [2.45, 2.75) is 74.6 Å². The van der Waals surface area contributed by atoms with E-state index in [2.05, 4.69) is 4.74 Å². The maximum Gasteiger partial charge on any atom is 0.460 e. The maximum absolute atomic E-state index is 13.7. The second kappa shape index (κ2) is 11.8. The summed E-state index contributed by atoms with van der Waals surface area (Å²) in [6.45, 7) is 1.75. The topological polar surface area (TPSA) is 56.8 Å². The van der Waals surface area contributed by atoms with Gasteiger partial charge in [-0.25, -0.2) is 4.79 Å². The number of nitrogens with one attached hydrogen (secondary N) is 1. The molecule has 0 aliphatic heterocycles. The lowest BCUT2D eigenvalue weighted by molar-refractivity contribution is -0.453. The predicted octanol–water partition coefficient (Wildman–Crippen LogP) is 6.62. The van der Waals surface area contributed by atoms with Crippen LogP contribution in [0.25, 0.3) is 0 Å². The first kappa shape index (κ1) is 36.4. The molecule has 0 aromatic carbocycles. The molecule has 21 heteroatoms. The van der Waals surface area contributed by atoms with Crippen LogP contribution < -0.4 is 5.32 Å². The van der Waals surface area contributed by atoms with Gasteiger partial charge in [-0.2, -0.15) is 65.9 Å². The molecule has 0 aliphatic carbocycles. The van der Waals surface area contributed by atoms with Gasteiger partial charge in [0.2, 0.25) is 0 Å². The number of ether oxygens (including phenoxy) is 1. The summed E-state index contributed by atoms with van der Waals surface area (Å²) in [7, 11) is -2.73. The molecule has 0 aromatic rings. The Morgan fingerprint density at radius 2 is 1.08 bits per heavy atom. The van der Waals surface area contributed by atoms with Gasteiger partial charge in [-0.15, -0.1) is 0 Å². The summed E-state index contributed by atoms with van der Waals surface area (Å²) in [6.07, 6.45) is -9.68. The zero-order chi connectivity index (χ0) is 30.6. The highest BCUT2D eigenvalue weighted by Crippen LogP contribution is 2.62. The number of carbonyl (C=O) groups excluding carboxylic acids is 1. The van der Waals surface area contributed by atoms with Crippen LogP contribution in [0.5, 0.6) is 0 Å². The zero-order valence-corrected chi connectivity index (χ0v) is 20.5. The normalized spacial score (nSPS) is 15.0. The fraction of sp³-hybridized carbons (Fsp3) is 0.941. The molecule has 0 saturated carbocycles. The van der Waals surface area contributed by atoms with Crippen molar-refractivity contribution in [2.24, 2.45) is 0 Å². The summed E-state index contributed by atoms with van der Waals surface area (Å²) < 4.78 is 211. The van der Waals surface area contributed by atoms with Gasteiger partial charge in [0.15, 0.2) is 6.61 Å². The van der Waals surface area contributed by atoms with Crippen molar-refractivity contribution in [1.29, 1.82) is 0 Å². The van der Waals surface area contributed by atoms with Crippen molar-refractivity contribution in [2.75, 3.05) is 26.4 Å². The smallest absolute Gasteiger partial charge is 0.443 e. The van der Waals surface area contributed by atoms with E-state index in [4.69, 9.17) is 8.85 Å². The minimum absolute atomic E-state index is 0.0111. The first-order valence-corrected chi connectivity index (χ1v) is 12.8. The third-order valence-electron chi connectivity index (χ3n) is 4.75. The van der Waals surface area contributed by atoms with Crippen molar-refractivity contribution >= 4 is 14.7 Å². The van der Waals surface area contributed by atoms with Crippen LogP contribution in [0.15, 0.2) is 0 Å². The fourth-order valence-corrected chi connectivity index (χ4v) is 5.11. The van der Waals surface area contributed by atoms with Gasteiger partial charge in [-0.05, 0) is 32.9 Å². The molecule has 5 nitrogen and oxygen atoms in total. The predicted molar refractivity (Wildman–Crippen MR) is 99.4 cm³/mol. The first-order valence-electron chi connectivity index (χ1n) is 10.2. The van der Waals surface area contributed by atoms with E-state index in [1.165, 1.54) is 0 Å². The Balaban J connectivity index is 5.52. The first-order chi connectivity index (χ1) is 16.7. The standard InChI is InChI=1S/C17H22F15NO4Si/c1-4-36-38(3,37-5-2)8-6-7-33-10(34)35-9-11(18,19)12(20,21)13(22,23)14(24,25)15(26,27)16(28,29)17(30,31)32/h4-9H2,1-3H3,(H,33,34). The van der Waals surface area contributed by atoms with Crippen LogP contribution in [0.2, 0.25) is 12.6 Å². The van der Waals surface area contributed by atoms with Crippen LogP contribution in [-0.4, -0.2) is 82.7 Å². The Kier molecular flexibility index (Phi) is 11.3. The zero-order valence-electron chi connectivity index (χ0n) is 19.5. The van der Waals surface area contributed by atoms with Gasteiger partial charge in [0, 0.05) is 19.8 Å². The Hall–Kier alpha value is -1.64.